The molecule has 0 aliphatic carbocycles. The molecule has 1 aromatic rings. The normalized spacial score (nSPS) is 20.8. The van der Waals surface area contributed by atoms with Crippen LogP contribution in [0.4, 0.5) is 5.82 Å². The molecular formula is C17H30N4. The molecule has 0 spiro atoms. The number of anilines is 1. The number of rotatable bonds is 6. The molecule has 0 aromatic carbocycles. The molecule has 4 nitrogen and oxygen atoms in total. The predicted octanol–water partition coefficient (Wildman–Crippen LogP) is 3.20. The van der Waals surface area contributed by atoms with Gasteiger partial charge in [0, 0.05) is 30.9 Å². The molecule has 2 atom stereocenters. The molecule has 0 saturated carbocycles. The zero-order valence-corrected chi connectivity index (χ0v) is 14.0. The van der Waals surface area contributed by atoms with E-state index in [0.717, 1.165) is 31.1 Å². The molecule has 1 saturated heterocycles. The SMILES string of the molecule is CCCNC(C)C1CCCN(c2cc(C(C)C)ncn2)C1. The Bertz CT molecular complexity index is 433. The van der Waals surface area contributed by atoms with Gasteiger partial charge in [0.1, 0.15) is 12.1 Å². The lowest BCUT2D eigenvalue weighted by atomic mass is 9.91. The predicted molar refractivity (Wildman–Crippen MR) is 88.8 cm³/mol. The monoisotopic (exact) mass is 290 g/mol. The van der Waals surface area contributed by atoms with E-state index in [2.05, 4.69) is 53.9 Å². The smallest absolute Gasteiger partial charge is 0.132 e. The fraction of sp³-hybridized carbons (Fsp3) is 0.765. The number of hydrogen-bond donors (Lipinski definition) is 1. The number of aromatic nitrogens is 2. The molecule has 0 radical (unpaired) electrons. The van der Waals surface area contributed by atoms with Crippen LogP contribution >= 0.6 is 0 Å². The highest BCUT2D eigenvalue weighted by molar-refractivity contribution is 5.40. The minimum Gasteiger partial charge on any atom is -0.356 e. The van der Waals surface area contributed by atoms with Crippen LogP contribution in [0.15, 0.2) is 12.4 Å². The Morgan fingerprint density at radius 1 is 1.33 bits per heavy atom. The number of nitrogens with one attached hydrogen (secondary N) is 1. The van der Waals surface area contributed by atoms with Gasteiger partial charge in [0.15, 0.2) is 0 Å². The Morgan fingerprint density at radius 2 is 2.14 bits per heavy atom. The highest BCUT2D eigenvalue weighted by Crippen LogP contribution is 2.25. The fourth-order valence-corrected chi connectivity index (χ4v) is 3.02. The molecule has 1 aliphatic rings. The second-order valence-corrected chi connectivity index (χ2v) is 6.55. The summed E-state index contributed by atoms with van der Waals surface area (Å²) >= 11 is 0. The summed E-state index contributed by atoms with van der Waals surface area (Å²) in [7, 11) is 0. The Balaban J connectivity index is 2.01. The van der Waals surface area contributed by atoms with E-state index in [1.807, 2.05) is 0 Å². The molecule has 0 amide bonds. The second-order valence-electron chi connectivity index (χ2n) is 6.55. The average Bonchev–Trinajstić information content (AvgIpc) is 2.52. The molecule has 21 heavy (non-hydrogen) atoms. The highest BCUT2D eigenvalue weighted by atomic mass is 15.2. The number of piperidine rings is 1. The van der Waals surface area contributed by atoms with Crippen LogP contribution in [0.5, 0.6) is 0 Å². The number of hydrogen-bond acceptors (Lipinski definition) is 4. The summed E-state index contributed by atoms with van der Waals surface area (Å²) in [6.07, 6.45) is 5.48. The standard InChI is InChI=1S/C17H30N4/c1-5-8-18-14(4)15-7-6-9-21(11-15)17-10-16(13(2)3)19-12-20-17/h10,12-15,18H,5-9,11H2,1-4H3. The Morgan fingerprint density at radius 3 is 2.86 bits per heavy atom. The molecule has 1 N–H and O–H groups in total. The average molecular weight is 290 g/mol. The van der Waals surface area contributed by atoms with Crippen LogP contribution in [0.25, 0.3) is 0 Å². The third kappa shape index (κ3) is 4.40. The molecule has 2 unspecified atom stereocenters. The van der Waals surface area contributed by atoms with Crippen molar-refractivity contribution >= 4 is 5.82 Å². The van der Waals surface area contributed by atoms with Gasteiger partial charge in [-0.15, -0.1) is 0 Å². The molecule has 1 aliphatic heterocycles. The van der Waals surface area contributed by atoms with Crippen LogP contribution in [0.2, 0.25) is 0 Å². The lowest BCUT2D eigenvalue weighted by Crippen LogP contribution is -2.45. The quantitative estimate of drug-likeness (QED) is 0.873. The van der Waals surface area contributed by atoms with Crippen LogP contribution in [-0.2, 0) is 0 Å². The zero-order valence-electron chi connectivity index (χ0n) is 14.0. The molecule has 2 heterocycles. The molecular weight excluding hydrogens is 260 g/mol. The van der Waals surface area contributed by atoms with Crippen molar-refractivity contribution < 1.29 is 0 Å². The minimum absolute atomic E-state index is 0.456. The van der Waals surface area contributed by atoms with Crippen LogP contribution in [0.1, 0.15) is 58.6 Å². The van der Waals surface area contributed by atoms with Gasteiger partial charge < -0.3 is 10.2 Å². The Kier molecular flexibility index (Phi) is 5.97. The third-order valence-electron chi connectivity index (χ3n) is 4.47. The van der Waals surface area contributed by atoms with Crippen molar-refractivity contribution in [3.05, 3.63) is 18.1 Å². The first-order valence-corrected chi connectivity index (χ1v) is 8.42. The summed E-state index contributed by atoms with van der Waals surface area (Å²) in [6.45, 7) is 12.2. The maximum Gasteiger partial charge on any atom is 0.132 e. The van der Waals surface area contributed by atoms with Crippen molar-refractivity contribution in [2.75, 3.05) is 24.5 Å². The van der Waals surface area contributed by atoms with Gasteiger partial charge in [-0.05, 0) is 44.6 Å². The second kappa shape index (κ2) is 7.74. The molecule has 2 rings (SSSR count). The lowest BCUT2D eigenvalue weighted by Gasteiger charge is -2.37. The summed E-state index contributed by atoms with van der Waals surface area (Å²) in [6, 6.07) is 2.75. The van der Waals surface area contributed by atoms with Crippen molar-refractivity contribution in [2.24, 2.45) is 5.92 Å². The van der Waals surface area contributed by atoms with Gasteiger partial charge in [-0.1, -0.05) is 20.8 Å². The lowest BCUT2D eigenvalue weighted by molar-refractivity contribution is 0.320. The Hall–Kier alpha value is -1.16. The first kappa shape index (κ1) is 16.2. The topological polar surface area (TPSA) is 41.0 Å². The summed E-state index contributed by atoms with van der Waals surface area (Å²) in [5, 5.41) is 3.64. The highest BCUT2D eigenvalue weighted by Gasteiger charge is 2.25. The third-order valence-corrected chi connectivity index (χ3v) is 4.47. The summed E-state index contributed by atoms with van der Waals surface area (Å²) in [5.74, 6) is 2.27. The minimum atomic E-state index is 0.456. The fourth-order valence-electron chi connectivity index (χ4n) is 3.02. The van der Waals surface area contributed by atoms with E-state index < -0.39 is 0 Å². The van der Waals surface area contributed by atoms with Crippen molar-refractivity contribution in [2.45, 2.75) is 58.9 Å². The molecule has 118 valence electrons. The molecule has 0 bridgehead atoms. The van der Waals surface area contributed by atoms with Crippen molar-refractivity contribution in [3.8, 4) is 0 Å². The van der Waals surface area contributed by atoms with Crippen LogP contribution < -0.4 is 10.2 Å². The first-order valence-electron chi connectivity index (χ1n) is 8.42. The van der Waals surface area contributed by atoms with Crippen LogP contribution in [0, 0.1) is 5.92 Å². The van der Waals surface area contributed by atoms with E-state index in [-0.39, 0.29) is 0 Å². The van der Waals surface area contributed by atoms with Crippen molar-refractivity contribution in [1.82, 2.24) is 15.3 Å². The van der Waals surface area contributed by atoms with E-state index in [0.29, 0.717) is 17.9 Å². The first-order chi connectivity index (χ1) is 10.1. The van der Waals surface area contributed by atoms with Crippen molar-refractivity contribution in [3.63, 3.8) is 0 Å². The van der Waals surface area contributed by atoms with Gasteiger partial charge >= 0.3 is 0 Å². The maximum absolute atomic E-state index is 4.50. The van der Waals surface area contributed by atoms with E-state index in [1.54, 1.807) is 6.33 Å². The van der Waals surface area contributed by atoms with Gasteiger partial charge in [-0.2, -0.15) is 0 Å². The van der Waals surface area contributed by atoms with Crippen LogP contribution in [0.3, 0.4) is 0 Å². The molecule has 1 fully saturated rings. The van der Waals surface area contributed by atoms with Crippen LogP contribution in [-0.4, -0.2) is 35.6 Å². The summed E-state index contributed by atoms with van der Waals surface area (Å²) in [5.41, 5.74) is 1.14. The van der Waals surface area contributed by atoms with E-state index >= 15 is 0 Å². The van der Waals surface area contributed by atoms with E-state index in [1.165, 1.54) is 19.3 Å². The van der Waals surface area contributed by atoms with Gasteiger partial charge in [0.25, 0.3) is 0 Å². The number of nitrogens with zero attached hydrogens (tertiary/aromatic N) is 3. The zero-order chi connectivity index (χ0) is 15.2. The van der Waals surface area contributed by atoms with Gasteiger partial charge in [0.2, 0.25) is 0 Å². The molecule has 4 heteroatoms. The molecule has 1 aromatic heterocycles. The van der Waals surface area contributed by atoms with Gasteiger partial charge in [-0.25, -0.2) is 9.97 Å². The largest absolute Gasteiger partial charge is 0.356 e. The summed E-state index contributed by atoms with van der Waals surface area (Å²) < 4.78 is 0. The van der Waals surface area contributed by atoms with Gasteiger partial charge in [0.05, 0.1) is 0 Å². The van der Waals surface area contributed by atoms with Gasteiger partial charge in [-0.3, -0.25) is 0 Å². The van der Waals surface area contributed by atoms with E-state index in [4.69, 9.17) is 0 Å². The Labute approximate surface area is 129 Å². The maximum atomic E-state index is 4.50. The van der Waals surface area contributed by atoms with Crippen molar-refractivity contribution in [1.29, 1.82) is 0 Å². The van der Waals surface area contributed by atoms with E-state index in [9.17, 15) is 0 Å². The summed E-state index contributed by atoms with van der Waals surface area (Å²) in [4.78, 5) is 11.3.